The number of halogens is 1. The Morgan fingerprint density at radius 3 is 2.53 bits per heavy atom. The third-order valence-electron chi connectivity index (χ3n) is 2.82. The van der Waals surface area contributed by atoms with E-state index in [2.05, 4.69) is 33.0 Å². The van der Waals surface area contributed by atoms with Gasteiger partial charge in [-0.2, -0.15) is 11.8 Å². The molecule has 0 fully saturated rings. The number of nitrogens with one attached hydrogen (secondary N) is 1. The molecule has 1 nitrogen and oxygen atoms in total. The number of hydrogen-bond acceptors (Lipinski definition) is 2. The summed E-state index contributed by atoms with van der Waals surface area (Å²) in [7, 11) is 0. The van der Waals surface area contributed by atoms with Crippen molar-refractivity contribution in [3.8, 4) is 0 Å². The van der Waals surface area contributed by atoms with Gasteiger partial charge in [0.2, 0.25) is 0 Å². The first-order valence-electron chi connectivity index (χ1n) is 7.03. The molecule has 1 aromatic carbocycles. The van der Waals surface area contributed by atoms with Crippen LogP contribution < -0.4 is 5.32 Å². The van der Waals surface area contributed by atoms with Crippen LogP contribution in [-0.2, 0) is 6.42 Å². The molecular weight excluding hydrogens is 257 g/mol. The second-order valence-electron chi connectivity index (χ2n) is 5.87. The summed E-state index contributed by atoms with van der Waals surface area (Å²) in [5, 5.41) is 3.53. The van der Waals surface area contributed by atoms with Crippen LogP contribution in [0.3, 0.4) is 0 Å². The van der Waals surface area contributed by atoms with E-state index < -0.39 is 0 Å². The molecule has 1 unspecified atom stereocenters. The highest BCUT2D eigenvalue weighted by molar-refractivity contribution is 8.00. The Kier molecular flexibility index (Phi) is 6.87. The van der Waals surface area contributed by atoms with Gasteiger partial charge in [-0.25, -0.2) is 4.39 Å². The average Bonchev–Trinajstić information content (AvgIpc) is 2.34. The van der Waals surface area contributed by atoms with Crippen LogP contribution in [0.4, 0.5) is 4.39 Å². The Morgan fingerprint density at radius 2 is 1.95 bits per heavy atom. The lowest BCUT2D eigenvalue weighted by Gasteiger charge is -2.24. The molecule has 108 valence electrons. The van der Waals surface area contributed by atoms with Gasteiger partial charge in [0.25, 0.3) is 0 Å². The molecule has 1 aromatic rings. The lowest BCUT2D eigenvalue weighted by atomic mass is 10.1. The fourth-order valence-corrected chi connectivity index (χ4v) is 2.76. The summed E-state index contributed by atoms with van der Waals surface area (Å²) >= 11 is 1.93. The summed E-state index contributed by atoms with van der Waals surface area (Å²) in [6, 6.07) is 7.42. The van der Waals surface area contributed by atoms with Crippen LogP contribution in [0.5, 0.6) is 0 Å². The average molecular weight is 283 g/mol. The van der Waals surface area contributed by atoms with Gasteiger partial charge in [-0.15, -0.1) is 0 Å². The zero-order chi connectivity index (χ0) is 14.3. The predicted octanol–water partition coefficient (Wildman–Crippen LogP) is 4.27. The van der Waals surface area contributed by atoms with Gasteiger partial charge in [0.05, 0.1) is 0 Å². The van der Waals surface area contributed by atoms with Crippen LogP contribution in [-0.4, -0.2) is 23.1 Å². The lowest BCUT2D eigenvalue weighted by molar-refractivity contribution is 0.529. The van der Waals surface area contributed by atoms with Crippen molar-refractivity contribution in [3.63, 3.8) is 0 Å². The normalized spacial score (nSPS) is 13.5. The number of hydrogen-bond donors (Lipinski definition) is 1. The molecule has 1 N–H and O–H groups in total. The third kappa shape index (κ3) is 6.98. The summed E-state index contributed by atoms with van der Waals surface area (Å²) in [5.41, 5.74) is 0.811. The molecule has 0 aromatic heterocycles. The fourth-order valence-electron chi connectivity index (χ4n) is 1.82. The first kappa shape index (κ1) is 16.5. The quantitative estimate of drug-likeness (QED) is 0.802. The monoisotopic (exact) mass is 283 g/mol. The van der Waals surface area contributed by atoms with Gasteiger partial charge in [-0.05, 0) is 31.0 Å². The van der Waals surface area contributed by atoms with Gasteiger partial charge in [0.15, 0.2) is 0 Å². The van der Waals surface area contributed by atoms with E-state index in [4.69, 9.17) is 0 Å². The molecular formula is C16H26FNS. The topological polar surface area (TPSA) is 12.0 Å². The van der Waals surface area contributed by atoms with Crippen molar-refractivity contribution in [2.75, 3.05) is 12.3 Å². The second-order valence-corrected chi connectivity index (χ2v) is 7.72. The van der Waals surface area contributed by atoms with Crippen molar-refractivity contribution in [3.05, 3.63) is 35.6 Å². The summed E-state index contributed by atoms with van der Waals surface area (Å²) in [4.78, 5) is 0. The highest BCUT2D eigenvalue weighted by Crippen LogP contribution is 2.24. The maximum Gasteiger partial charge on any atom is 0.126 e. The predicted molar refractivity (Wildman–Crippen MR) is 84.4 cm³/mol. The molecule has 0 aliphatic rings. The second kappa shape index (κ2) is 7.91. The van der Waals surface area contributed by atoms with E-state index in [1.54, 1.807) is 12.1 Å². The maximum atomic E-state index is 13.7. The molecule has 0 aliphatic carbocycles. The summed E-state index contributed by atoms with van der Waals surface area (Å²) in [5.74, 6) is 0.921. The molecule has 0 radical (unpaired) electrons. The van der Waals surface area contributed by atoms with E-state index in [0.717, 1.165) is 30.7 Å². The van der Waals surface area contributed by atoms with E-state index in [9.17, 15) is 4.39 Å². The highest BCUT2D eigenvalue weighted by atomic mass is 32.2. The van der Waals surface area contributed by atoms with Gasteiger partial charge in [0, 0.05) is 16.5 Å². The first-order chi connectivity index (χ1) is 8.92. The maximum absolute atomic E-state index is 13.7. The molecule has 1 atom stereocenters. The molecule has 3 heteroatoms. The largest absolute Gasteiger partial charge is 0.313 e. The van der Waals surface area contributed by atoms with Crippen LogP contribution in [0.25, 0.3) is 0 Å². The Morgan fingerprint density at radius 1 is 1.26 bits per heavy atom. The van der Waals surface area contributed by atoms with Crippen molar-refractivity contribution in [1.82, 2.24) is 5.32 Å². The Bertz CT molecular complexity index is 373. The smallest absolute Gasteiger partial charge is 0.126 e. The summed E-state index contributed by atoms with van der Waals surface area (Å²) in [6.07, 6.45) is 1.86. The van der Waals surface area contributed by atoms with E-state index >= 15 is 0 Å². The van der Waals surface area contributed by atoms with E-state index in [0.29, 0.717) is 6.04 Å². The van der Waals surface area contributed by atoms with Gasteiger partial charge in [-0.3, -0.25) is 0 Å². The fraction of sp³-hybridized carbons (Fsp3) is 0.625. The van der Waals surface area contributed by atoms with Crippen LogP contribution >= 0.6 is 11.8 Å². The van der Waals surface area contributed by atoms with Gasteiger partial charge in [0.1, 0.15) is 5.82 Å². The van der Waals surface area contributed by atoms with Crippen LogP contribution in [0.15, 0.2) is 24.3 Å². The minimum Gasteiger partial charge on any atom is -0.313 e. The van der Waals surface area contributed by atoms with Crippen molar-refractivity contribution >= 4 is 11.8 Å². The number of thioether (sulfide) groups is 1. The van der Waals surface area contributed by atoms with Crippen molar-refractivity contribution < 1.29 is 4.39 Å². The molecule has 0 saturated heterocycles. The molecule has 19 heavy (non-hydrogen) atoms. The van der Waals surface area contributed by atoms with Gasteiger partial charge >= 0.3 is 0 Å². The summed E-state index contributed by atoms with van der Waals surface area (Å²) < 4.78 is 14.0. The van der Waals surface area contributed by atoms with Gasteiger partial charge in [-0.1, -0.05) is 45.9 Å². The zero-order valence-electron chi connectivity index (χ0n) is 12.5. The Balaban J connectivity index is 2.61. The molecule has 0 saturated carbocycles. The molecule has 0 heterocycles. The third-order valence-corrected chi connectivity index (χ3v) is 4.26. The first-order valence-corrected chi connectivity index (χ1v) is 8.01. The minimum atomic E-state index is -0.0912. The van der Waals surface area contributed by atoms with Crippen LogP contribution in [0, 0.1) is 5.82 Å². The van der Waals surface area contributed by atoms with Crippen LogP contribution in [0.1, 0.15) is 39.7 Å². The molecule has 0 bridgehead atoms. The van der Waals surface area contributed by atoms with E-state index in [-0.39, 0.29) is 10.6 Å². The van der Waals surface area contributed by atoms with Gasteiger partial charge < -0.3 is 5.32 Å². The van der Waals surface area contributed by atoms with Crippen molar-refractivity contribution in [2.24, 2.45) is 0 Å². The zero-order valence-corrected chi connectivity index (χ0v) is 13.3. The number of benzene rings is 1. The molecule has 1 rings (SSSR count). The highest BCUT2D eigenvalue weighted by Gasteiger charge is 2.16. The number of rotatable bonds is 7. The SMILES string of the molecule is CCCNC(CSC(C)(C)C)Cc1ccccc1F. The standard InChI is InChI=1S/C16H26FNS/c1-5-10-18-14(12-19-16(2,3)4)11-13-8-6-7-9-15(13)17/h6-9,14,18H,5,10-12H2,1-4H3. The molecule has 0 aliphatic heterocycles. The van der Waals surface area contributed by atoms with E-state index in [1.165, 1.54) is 0 Å². The minimum absolute atomic E-state index is 0.0912. The molecule has 0 amide bonds. The summed E-state index contributed by atoms with van der Waals surface area (Å²) in [6.45, 7) is 9.81. The Hall–Kier alpha value is -0.540. The van der Waals surface area contributed by atoms with E-state index in [1.807, 2.05) is 23.9 Å². The van der Waals surface area contributed by atoms with Crippen molar-refractivity contribution in [1.29, 1.82) is 0 Å². The lowest BCUT2D eigenvalue weighted by Crippen LogP contribution is -2.35. The van der Waals surface area contributed by atoms with Crippen molar-refractivity contribution in [2.45, 2.75) is 51.3 Å². The Labute approximate surface area is 121 Å². The van der Waals surface area contributed by atoms with Crippen LogP contribution in [0.2, 0.25) is 0 Å². The molecule has 0 spiro atoms.